The lowest BCUT2D eigenvalue weighted by atomic mass is 10.2. The molecule has 1 fully saturated rings. The van der Waals surface area contributed by atoms with Gasteiger partial charge in [-0.25, -0.2) is 0 Å². The lowest BCUT2D eigenvalue weighted by Gasteiger charge is -2.24. The summed E-state index contributed by atoms with van der Waals surface area (Å²) in [5.74, 6) is 0. The fourth-order valence-corrected chi connectivity index (χ4v) is 2.05. The number of hydrogen-bond donors (Lipinski definition) is 2. The van der Waals surface area contributed by atoms with E-state index >= 15 is 0 Å². The van der Waals surface area contributed by atoms with Gasteiger partial charge in [0, 0.05) is 0 Å². The minimum absolute atomic E-state index is 0.340. The molecule has 1 saturated heterocycles. The van der Waals surface area contributed by atoms with Gasteiger partial charge in [0.15, 0.2) is 0 Å². The Morgan fingerprint density at radius 1 is 1.25 bits per heavy atom. The molecule has 0 aliphatic carbocycles. The van der Waals surface area contributed by atoms with Crippen LogP contribution in [-0.2, 0) is 0 Å². The Kier molecular flexibility index (Phi) is 1.70. The Morgan fingerprint density at radius 3 is 2.25 bits per heavy atom. The van der Waals surface area contributed by atoms with Crippen LogP contribution in [0.15, 0.2) is 0 Å². The van der Waals surface area contributed by atoms with Gasteiger partial charge in [0.1, 0.15) is 14.9 Å². The van der Waals surface area contributed by atoms with E-state index < -0.39 is 5.41 Å². The molecule has 8 heavy (non-hydrogen) atoms. The molecule has 1 rings (SSSR count). The van der Waals surface area contributed by atoms with Crippen LogP contribution in [0.2, 0.25) is 6.04 Å². The summed E-state index contributed by atoms with van der Waals surface area (Å²) in [5.41, 5.74) is -1.29. The molecule has 0 saturated carbocycles. The van der Waals surface area contributed by atoms with Crippen molar-refractivity contribution >= 4 is 9.52 Å². The highest BCUT2D eigenvalue weighted by Gasteiger charge is 2.25. The van der Waals surface area contributed by atoms with Crippen molar-refractivity contribution in [3.05, 3.63) is 0 Å². The predicted octanol–water partition coefficient (Wildman–Crippen LogP) is -0.0688. The molecule has 0 bridgehead atoms. The number of aliphatic hydroxyl groups is 2. The van der Waals surface area contributed by atoms with Crippen LogP contribution in [-0.4, -0.2) is 25.1 Å². The standard InChI is InChI=1S/C5H10O2Si/c6-5(7)3-1-2-4-8-5/h6-7H,1-4H2. The Hall–Kier alpha value is 0.137. The molecule has 1 aliphatic rings. The van der Waals surface area contributed by atoms with Crippen molar-refractivity contribution in [1.82, 2.24) is 0 Å². The summed E-state index contributed by atoms with van der Waals surface area (Å²) in [5, 5.41) is 17.9. The first-order valence-corrected chi connectivity index (χ1v) is 4.11. The Labute approximate surface area is 51.4 Å². The van der Waals surface area contributed by atoms with Crippen LogP contribution >= 0.6 is 0 Å². The quantitative estimate of drug-likeness (QED) is 0.356. The van der Waals surface area contributed by atoms with Crippen LogP contribution in [0.3, 0.4) is 0 Å². The molecule has 3 heteroatoms. The summed E-state index contributed by atoms with van der Waals surface area (Å²) >= 11 is 0. The van der Waals surface area contributed by atoms with Gasteiger partial charge in [-0.3, -0.25) is 0 Å². The first kappa shape index (κ1) is 6.26. The van der Waals surface area contributed by atoms with Crippen molar-refractivity contribution in [2.24, 2.45) is 0 Å². The van der Waals surface area contributed by atoms with E-state index in [-0.39, 0.29) is 0 Å². The molecular formula is C5H10O2Si. The number of rotatable bonds is 0. The lowest BCUT2D eigenvalue weighted by molar-refractivity contribution is -0.0983. The zero-order valence-electron chi connectivity index (χ0n) is 4.72. The summed E-state index contributed by atoms with van der Waals surface area (Å²) in [4.78, 5) is 0. The van der Waals surface area contributed by atoms with Gasteiger partial charge in [0.2, 0.25) is 0 Å². The van der Waals surface area contributed by atoms with Crippen LogP contribution in [0.5, 0.6) is 0 Å². The minimum atomic E-state index is -1.29. The summed E-state index contributed by atoms with van der Waals surface area (Å²) in [6, 6.07) is 0.993. The summed E-state index contributed by atoms with van der Waals surface area (Å²) in [7, 11) is 0.340. The van der Waals surface area contributed by atoms with Crippen molar-refractivity contribution in [1.29, 1.82) is 0 Å². The van der Waals surface area contributed by atoms with Gasteiger partial charge in [-0.05, 0) is 12.8 Å². The van der Waals surface area contributed by atoms with E-state index in [0.717, 1.165) is 12.5 Å². The van der Waals surface area contributed by atoms with E-state index in [1.165, 1.54) is 6.42 Å². The molecule has 1 aliphatic heterocycles. The molecule has 0 amide bonds. The molecule has 0 aromatic rings. The zero-order chi connectivity index (χ0) is 6.04. The van der Waals surface area contributed by atoms with Crippen LogP contribution in [0.4, 0.5) is 0 Å². The fourth-order valence-electron chi connectivity index (χ4n) is 0.873. The maximum atomic E-state index is 8.94. The molecule has 2 nitrogen and oxygen atoms in total. The van der Waals surface area contributed by atoms with Crippen LogP contribution in [0.1, 0.15) is 19.3 Å². The third-order valence-electron chi connectivity index (χ3n) is 1.36. The average Bonchev–Trinajstić information content (AvgIpc) is 1.65. The topological polar surface area (TPSA) is 40.5 Å². The minimum Gasteiger partial charge on any atom is -0.370 e. The lowest BCUT2D eigenvalue weighted by Crippen LogP contribution is -2.37. The van der Waals surface area contributed by atoms with Crippen molar-refractivity contribution in [2.45, 2.75) is 30.7 Å². The van der Waals surface area contributed by atoms with E-state index in [4.69, 9.17) is 10.2 Å². The first-order valence-electron chi connectivity index (χ1n) is 2.90. The van der Waals surface area contributed by atoms with E-state index in [1.54, 1.807) is 0 Å². The molecule has 2 N–H and O–H groups in total. The molecule has 2 radical (unpaired) electrons. The molecule has 0 aromatic carbocycles. The normalized spacial score (nSPS) is 27.8. The van der Waals surface area contributed by atoms with E-state index in [1.807, 2.05) is 0 Å². The maximum absolute atomic E-state index is 8.94. The maximum Gasteiger partial charge on any atom is 0.141 e. The van der Waals surface area contributed by atoms with Gasteiger partial charge in [-0.15, -0.1) is 0 Å². The highest BCUT2D eigenvalue weighted by Crippen LogP contribution is 2.18. The van der Waals surface area contributed by atoms with Gasteiger partial charge in [-0.1, -0.05) is 12.5 Å². The highest BCUT2D eigenvalue weighted by atomic mass is 28.2. The summed E-state index contributed by atoms with van der Waals surface area (Å²) in [6.07, 6.45) is 2.72. The summed E-state index contributed by atoms with van der Waals surface area (Å²) < 4.78 is 0. The van der Waals surface area contributed by atoms with Crippen LogP contribution in [0, 0.1) is 0 Å². The fraction of sp³-hybridized carbons (Fsp3) is 1.00. The van der Waals surface area contributed by atoms with Gasteiger partial charge >= 0.3 is 0 Å². The SMILES string of the molecule is OC1(O)CCCC[Si]1. The molecule has 0 spiro atoms. The van der Waals surface area contributed by atoms with Gasteiger partial charge in [-0.2, -0.15) is 0 Å². The second-order valence-electron chi connectivity index (χ2n) is 2.20. The third kappa shape index (κ3) is 1.58. The monoisotopic (exact) mass is 130 g/mol. The van der Waals surface area contributed by atoms with Crippen molar-refractivity contribution in [3.63, 3.8) is 0 Å². The molecule has 1 heterocycles. The smallest absolute Gasteiger partial charge is 0.141 e. The number of hydrogen-bond acceptors (Lipinski definition) is 2. The molecular weight excluding hydrogens is 120 g/mol. The van der Waals surface area contributed by atoms with Crippen LogP contribution in [0.25, 0.3) is 0 Å². The molecule has 46 valence electrons. The molecule has 0 unspecified atom stereocenters. The third-order valence-corrected chi connectivity index (χ3v) is 2.78. The Bertz CT molecular complexity index is 74.5. The second-order valence-corrected chi connectivity index (χ2v) is 3.85. The van der Waals surface area contributed by atoms with E-state index in [2.05, 4.69) is 0 Å². The van der Waals surface area contributed by atoms with Crippen molar-refractivity contribution < 1.29 is 10.2 Å². The Balaban J connectivity index is 2.33. The molecule has 0 aromatic heterocycles. The van der Waals surface area contributed by atoms with Crippen molar-refractivity contribution in [3.8, 4) is 0 Å². The van der Waals surface area contributed by atoms with Gasteiger partial charge < -0.3 is 10.2 Å². The van der Waals surface area contributed by atoms with Crippen molar-refractivity contribution in [2.75, 3.05) is 0 Å². The van der Waals surface area contributed by atoms with Gasteiger partial charge in [0.25, 0.3) is 0 Å². The van der Waals surface area contributed by atoms with E-state index in [0.29, 0.717) is 15.9 Å². The molecule has 0 atom stereocenters. The predicted molar refractivity (Wildman–Crippen MR) is 31.6 cm³/mol. The average molecular weight is 130 g/mol. The van der Waals surface area contributed by atoms with Gasteiger partial charge in [0.05, 0.1) is 0 Å². The van der Waals surface area contributed by atoms with Crippen LogP contribution < -0.4 is 0 Å². The highest BCUT2D eigenvalue weighted by molar-refractivity contribution is 6.38. The first-order chi connectivity index (χ1) is 3.71. The Morgan fingerprint density at radius 2 is 2.00 bits per heavy atom. The zero-order valence-corrected chi connectivity index (χ0v) is 5.72. The largest absolute Gasteiger partial charge is 0.370 e. The second kappa shape index (κ2) is 2.17. The van der Waals surface area contributed by atoms with E-state index in [9.17, 15) is 0 Å². The summed E-state index contributed by atoms with van der Waals surface area (Å²) in [6.45, 7) is 0.